The van der Waals surface area contributed by atoms with E-state index in [2.05, 4.69) is 255 Å². The average Bonchev–Trinajstić information content (AvgIpc) is 3.36. The molecule has 0 radical (unpaired) electrons. The minimum absolute atomic E-state index is 1.11. The predicted octanol–water partition coefficient (Wildman–Crippen LogP) is 18.8. The molecule has 0 aromatic heterocycles. The number of hydrogen-bond donors (Lipinski definition) is 0. The fourth-order valence-electron chi connectivity index (χ4n) is 10.8. The molecule has 0 spiro atoms. The lowest BCUT2D eigenvalue weighted by Crippen LogP contribution is -2.15. The summed E-state index contributed by atoms with van der Waals surface area (Å²) >= 11 is 0. The molecular weight excluding hydrogens is 809 g/mol. The third kappa shape index (κ3) is 6.40. The van der Waals surface area contributed by atoms with E-state index in [1.807, 2.05) is 0 Å². The Labute approximate surface area is 390 Å². The second-order valence-electron chi connectivity index (χ2n) is 18.4. The molecular formula is C65H46N2. The monoisotopic (exact) mass is 854 g/mol. The Hall–Kier alpha value is -8.46. The van der Waals surface area contributed by atoms with Crippen LogP contribution in [0.15, 0.2) is 224 Å². The topological polar surface area (TPSA) is 6.48 Å². The zero-order chi connectivity index (χ0) is 44.8. The summed E-state index contributed by atoms with van der Waals surface area (Å²) in [5.41, 5.74) is 10.5. The minimum Gasteiger partial charge on any atom is -0.309 e. The Morgan fingerprint density at radius 2 is 0.597 bits per heavy atom. The van der Waals surface area contributed by atoms with E-state index in [-0.39, 0.29) is 0 Å². The van der Waals surface area contributed by atoms with E-state index >= 15 is 0 Å². The van der Waals surface area contributed by atoms with E-state index in [1.54, 1.807) is 0 Å². The minimum atomic E-state index is 1.11. The summed E-state index contributed by atoms with van der Waals surface area (Å²) in [5, 5.41) is 19.5. The molecule has 0 saturated carbocycles. The van der Waals surface area contributed by atoms with Crippen LogP contribution in [0.2, 0.25) is 0 Å². The second-order valence-corrected chi connectivity index (χ2v) is 18.4. The van der Waals surface area contributed by atoms with Gasteiger partial charge in [-0.05, 0) is 189 Å². The van der Waals surface area contributed by atoms with Gasteiger partial charge in [0.25, 0.3) is 0 Å². The van der Waals surface area contributed by atoms with Crippen LogP contribution in [0, 0.1) is 20.8 Å². The standard InChI is InChI=1S/C65H46N2/c1-41-28-29-56-59(30-41)65(67(55-24-8-5-9-25-55)63-27-15-21-49-38-51-34-45-17-11-13-19-47(45)36-53(51)40-58(49)63)61-32-43(3)42(2)31-60(61)64(56)66(54-22-6-4-7-23-54)62-26-14-20-48-37-50-33-44-16-10-12-18-46(44)35-52(50)39-57(48)62/h4-40H,1-3H3. The van der Waals surface area contributed by atoms with Crippen LogP contribution in [0.25, 0.3) is 86.2 Å². The molecule has 0 amide bonds. The van der Waals surface area contributed by atoms with Gasteiger partial charge in [0, 0.05) is 43.7 Å². The van der Waals surface area contributed by atoms with Crippen LogP contribution in [-0.4, -0.2) is 0 Å². The Morgan fingerprint density at radius 1 is 0.239 bits per heavy atom. The van der Waals surface area contributed by atoms with Crippen molar-refractivity contribution in [2.75, 3.05) is 9.80 Å². The molecule has 0 heterocycles. The van der Waals surface area contributed by atoms with Crippen molar-refractivity contribution in [3.8, 4) is 0 Å². The van der Waals surface area contributed by atoms with Gasteiger partial charge in [0.15, 0.2) is 0 Å². The Morgan fingerprint density at radius 3 is 1.04 bits per heavy atom. The van der Waals surface area contributed by atoms with E-state index in [4.69, 9.17) is 0 Å². The lowest BCUT2D eigenvalue weighted by atomic mass is 9.91. The number of para-hydroxylation sites is 2. The molecule has 0 bridgehead atoms. The van der Waals surface area contributed by atoms with Gasteiger partial charge in [0.1, 0.15) is 0 Å². The van der Waals surface area contributed by atoms with E-state index in [0.29, 0.717) is 0 Å². The molecule has 0 N–H and O–H groups in total. The third-order valence-electron chi connectivity index (χ3n) is 14.1. The van der Waals surface area contributed by atoms with E-state index < -0.39 is 0 Å². The zero-order valence-corrected chi connectivity index (χ0v) is 37.8. The molecule has 0 unspecified atom stereocenters. The summed E-state index contributed by atoms with van der Waals surface area (Å²) in [6, 6.07) is 83.8. The van der Waals surface area contributed by atoms with Crippen LogP contribution in [0.5, 0.6) is 0 Å². The molecule has 13 aromatic rings. The van der Waals surface area contributed by atoms with Crippen molar-refractivity contribution in [3.05, 3.63) is 241 Å². The molecule has 2 heteroatoms. The van der Waals surface area contributed by atoms with E-state index in [0.717, 1.165) is 28.4 Å². The van der Waals surface area contributed by atoms with E-state index in [9.17, 15) is 0 Å². The van der Waals surface area contributed by atoms with Crippen molar-refractivity contribution in [1.82, 2.24) is 0 Å². The molecule has 13 rings (SSSR count). The average molecular weight is 855 g/mol. The molecule has 0 atom stereocenters. The molecule has 2 nitrogen and oxygen atoms in total. The van der Waals surface area contributed by atoms with Gasteiger partial charge in [0.05, 0.1) is 22.7 Å². The summed E-state index contributed by atoms with van der Waals surface area (Å²) < 4.78 is 0. The normalized spacial score (nSPS) is 11.8. The first kappa shape index (κ1) is 39.0. The number of fused-ring (bicyclic) bond motifs is 8. The van der Waals surface area contributed by atoms with Crippen molar-refractivity contribution in [3.63, 3.8) is 0 Å². The van der Waals surface area contributed by atoms with Crippen molar-refractivity contribution >= 4 is 120 Å². The van der Waals surface area contributed by atoms with Crippen LogP contribution >= 0.6 is 0 Å². The van der Waals surface area contributed by atoms with Crippen LogP contribution in [0.1, 0.15) is 16.7 Å². The predicted molar refractivity (Wildman–Crippen MR) is 290 cm³/mol. The lowest BCUT2D eigenvalue weighted by molar-refractivity contribution is 1.30. The van der Waals surface area contributed by atoms with E-state index in [1.165, 1.54) is 109 Å². The highest BCUT2D eigenvalue weighted by Gasteiger charge is 2.28. The number of anilines is 6. The Balaban J connectivity index is 1.15. The highest BCUT2D eigenvalue weighted by Crippen LogP contribution is 2.53. The number of nitrogens with zero attached hydrogens (tertiary/aromatic N) is 2. The van der Waals surface area contributed by atoms with Crippen LogP contribution in [-0.2, 0) is 0 Å². The molecule has 0 fully saturated rings. The number of rotatable bonds is 6. The Kier molecular flexibility index (Phi) is 8.91. The lowest BCUT2D eigenvalue weighted by Gasteiger charge is -2.34. The van der Waals surface area contributed by atoms with Crippen LogP contribution in [0.4, 0.5) is 34.1 Å². The smallest absolute Gasteiger partial charge is 0.0620 e. The number of aryl methyl sites for hydroxylation is 3. The van der Waals surface area contributed by atoms with Crippen molar-refractivity contribution in [1.29, 1.82) is 0 Å². The van der Waals surface area contributed by atoms with Crippen molar-refractivity contribution < 1.29 is 0 Å². The van der Waals surface area contributed by atoms with Gasteiger partial charge in [-0.2, -0.15) is 0 Å². The van der Waals surface area contributed by atoms with Gasteiger partial charge >= 0.3 is 0 Å². The molecule has 0 aliphatic rings. The maximum absolute atomic E-state index is 2.54. The number of hydrogen-bond acceptors (Lipinski definition) is 2. The van der Waals surface area contributed by atoms with Gasteiger partial charge in [-0.3, -0.25) is 0 Å². The summed E-state index contributed by atoms with van der Waals surface area (Å²) in [7, 11) is 0. The van der Waals surface area contributed by atoms with Gasteiger partial charge in [0.2, 0.25) is 0 Å². The SMILES string of the molecule is Cc1ccc2c(N(c3ccccc3)c3cccc4cc5cc6ccccc6cc5cc34)c3cc(C)c(C)cc3c(N(c3ccccc3)c3cccc4cc5cc6ccccc6cc5cc34)c2c1. The van der Waals surface area contributed by atoms with Crippen LogP contribution < -0.4 is 9.80 Å². The third-order valence-corrected chi connectivity index (χ3v) is 14.1. The summed E-state index contributed by atoms with van der Waals surface area (Å²) in [6.07, 6.45) is 0. The molecule has 0 aliphatic heterocycles. The zero-order valence-electron chi connectivity index (χ0n) is 37.8. The fraction of sp³-hybridized carbons (Fsp3) is 0.0462. The molecule has 316 valence electrons. The molecule has 0 saturated heterocycles. The van der Waals surface area contributed by atoms with Gasteiger partial charge < -0.3 is 9.80 Å². The first-order valence-electron chi connectivity index (χ1n) is 23.3. The van der Waals surface area contributed by atoms with Crippen LogP contribution in [0.3, 0.4) is 0 Å². The molecule has 67 heavy (non-hydrogen) atoms. The highest BCUT2D eigenvalue weighted by atomic mass is 15.2. The van der Waals surface area contributed by atoms with Gasteiger partial charge in [-0.15, -0.1) is 0 Å². The van der Waals surface area contributed by atoms with Crippen molar-refractivity contribution in [2.45, 2.75) is 20.8 Å². The number of benzene rings is 13. The maximum atomic E-state index is 2.54. The summed E-state index contributed by atoms with van der Waals surface area (Å²) in [5.74, 6) is 0. The Bertz CT molecular complexity index is 4130. The highest BCUT2D eigenvalue weighted by molar-refractivity contribution is 6.25. The van der Waals surface area contributed by atoms with Gasteiger partial charge in [-0.25, -0.2) is 0 Å². The largest absolute Gasteiger partial charge is 0.309 e. The quantitative estimate of drug-likeness (QED) is 0.121. The first-order chi connectivity index (χ1) is 32.9. The summed E-state index contributed by atoms with van der Waals surface area (Å²) in [6.45, 7) is 6.74. The molecule has 13 aromatic carbocycles. The first-order valence-corrected chi connectivity index (χ1v) is 23.3. The summed E-state index contributed by atoms with van der Waals surface area (Å²) in [4.78, 5) is 5.08. The molecule has 0 aliphatic carbocycles. The second kappa shape index (κ2) is 15.3. The van der Waals surface area contributed by atoms with Crippen molar-refractivity contribution in [2.24, 2.45) is 0 Å². The van der Waals surface area contributed by atoms with Gasteiger partial charge in [-0.1, -0.05) is 127 Å². The fourth-order valence-corrected chi connectivity index (χ4v) is 10.8. The maximum Gasteiger partial charge on any atom is 0.0620 e.